The molecule has 2 aliphatic rings. The summed E-state index contributed by atoms with van der Waals surface area (Å²) in [7, 11) is 1.86. The summed E-state index contributed by atoms with van der Waals surface area (Å²) in [5.74, 6) is 0.247. The molecule has 1 amide bonds. The van der Waals surface area contributed by atoms with Crippen molar-refractivity contribution in [1.29, 1.82) is 0 Å². The number of likely N-dealkylation sites (N-methyl/N-ethyl adjacent to an activating group) is 1. The van der Waals surface area contributed by atoms with Gasteiger partial charge in [-0.2, -0.15) is 0 Å². The Morgan fingerprint density at radius 2 is 2.27 bits per heavy atom. The second kappa shape index (κ2) is 2.46. The van der Waals surface area contributed by atoms with Gasteiger partial charge in [-0.15, -0.1) is 0 Å². The van der Waals surface area contributed by atoms with Crippen LogP contribution in [0.3, 0.4) is 0 Å². The molecule has 0 aromatic carbocycles. The van der Waals surface area contributed by atoms with Gasteiger partial charge in [-0.1, -0.05) is 0 Å². The van der Waals surface area contributed by atoms with Gasteiger partial charge < -0.3 is 10.2 Å². The van der Waals surface area contributed by atoms with E-state index in [1.807, 2.05) is 7.05 Å². The molecule has 1 N–H and O–H groups in total. The van der Waals surface area contributed by atoms with E-state index in [9.17, 15) is 4.79 Å². The molecule has 0 radical (unpaired) electrons. The van der Waals surface area contributed by atoms with Gasteiger partial charge in [-0.05, 0) is 0 Å². The summed E-state index contributed by atoms with van der Waals surface area (Å²) in [6, 6.07) is 0.601. The van der Waals surface area contributed by atoms with Gasteiger partial charge >= 0.3 is 0 Å². The van der Waals surface area contributed by atoms with Gasteiger partial charge in [-0.3, -0.25) is 9.69 Å². The summed E-state index contributed by atoms with van der Waals surface area (Å²) in [5, 5.41) is 3.20. The highest BCUT2D eigenvalue weighted by atomic mass is 16.2. The zero-order valence-electron chi connectivity index (χ0n) is 6.71. The van der Waals surface area contributed by atoms with Crippen LogP contribution in [0, 0.1) is 0 Å². The van der Waals surface area contributed by atoms with Gasteiger partial charge in [0.15, 0.2) is 0 Å². The highest BCUT2D eigenvalue weighted by molar-refractivity contribution is 5.79. The van der Waals surface area contributed by atoms with Crippen LogP contribution in [0.15, 0.2) is 0 Å². The normalized spacial score (nSPS) is 27.7. The molecule has 62 valence electrons. The molecular formula is C7H13N3O. The second-order valence-electron chi connectivity index (χ2n) is 3.29. The van der Waals surface area contributed by atoms with Crippen molar-refractivity contribution in [3.05, 3.63) is 0 Å². The fourth-order valence-electron chi connectivity index (χ4n) is 1.47. The number of hydrogen-bond donors (Lipinski definition) is 1. The van der Waals surface area contributed by atoms with Crippen LogP contribution in [0.25, 0.3) is 0 Å². The SMILES string of the molecule is CN1CN(C2CNC2)CC1=O. The smallest absolute Gasteiger partial charge is 0.237 e. The predicted octanol–water partition coefficient (Wildman–Crippen LogP) is -1.31. The van der Waals surface area contributed by atoms with Crippen LogP contribution >= 0.6 is 0 Å². The molecule has 11 heavy (non-hydrogen) atoms. The summed E-state index contributed by atoms with van der Waals surface area (Å²) >= 11 is 0. The van der Waals surface area contributed by atoms with Crippen LogP contribution in [0.2, 0.25) is 0 Å². The molecule has 0 spiro atoms. The van der Waals surface area contributed by atoms with Crippen molar-refractivity contribution >= 4 is 5.91 Å². The van der Waals surface area contributed by atoms with Crippen molar-refractivity contribution in [2.75, 3.05) is 33.4 Å². The van der Waals surface area contributed by atoms with Crippen LogP contribution in [0.5, 0.6) is 0 Å². The number of rotatable bonds is 1. The van der Waals surface area contributed by atoms with Gasteiger partial charge in [0.2, 0.25) is 5.91 Å². The molecule has 0 bridgehead atoms. The van der Waals surface area contributed by atoms with E-state index in [-0.39, 0.29) is 5.91 Å². The van der Waals surface area contributed by atoms with Gasteiger partial charge in [0.25, 0.3) is 0 Å². The summed E-state index contributed by atoms with van der Waals surface area (Å²) in [5.41, 5.74) is 0. The topological polar surface area (TPSA) is 35.6 Å². The van der Waals surface area contributed by atoms with Crippen molar-refractivity contribution < 1.29 is 4.79 Å². The van der Waals surface area contributed by atoms with Crippen molar-refractivity contribution in [1.82, 2.24) is 15.1 Å². The zero-order chi connectivity index (χ0) is 7.84. The minimum atomic E-state index is 0.247. The van der Waals surface area contributed by atoms with Gasteiger partial charge in [-0.25, -0.2) is 0 Å². The summed E-state index contributed by atoms with van der Waals surface area (Å²) in [4.78, 5) is 15.1. The van der Waals surface area contributed by atoms with E-state index in [0.29, 0.717) is 12.6 Å². The summed E-state index contributed by atoms with van der Waals surface area (Å²) in [6.45, 7) is 3.51. The maximum Gasteiger partial charge on any atom is 0.237 e. The lowest BCUT2D eigenvalue weighted by molar-refractivity contribution is -0.125. The third-order valence-electron chi connectivity index (χ3n) is 2.43. The highest BCUT2D eigenvalue weighted by Crippen LogP contribution is 2.11. The number of nitrogens with one attached hydrogen (secondary N) is 1. The molecular weight excluding hydrogens is 142 g/mol. The molecule has 2 aliphatic heterocycles. The van der Waals surface area contributed by atoms with E-state index in [1.165, 1.54) is 0 Å². The highest BCUT2D eigenvalue weighted by Gasteiger charge is 2.32. The second-order valence-corrected chi connectivity index (χ2v) is 3.29. The van der Waals surface area contributed by atoms with Crippen molar-refractivity contribution in [2.45, 2.75) is 6.04 Å². The largest absolute Gasteiger partial charge is 0.332 e. The number of amides is 1. The molecule has 0 aromatic heterocycles. The minimum absolute atomic E-state index is 0.247. The number of carbonyl (C=O) groups is 1. The van der Waals surface area contributed by atoms with Crippen LogP contribution in [-0.4, -0.2) is 55.1 Å². The number of carbonyl (C=O) groups excluding carboxylic acids is 1. The molecule has 2 rings (SSSR count). The van der Waals surface area contributed by atoms with Gasteiger partial charge in [0.05, 0.1) is 13.2 Å². The first-order valence-corrected chi connectivity index (χ1v) is 3.96. The third kappa shape index (κ3) is 1.12. The Balaban J connectivity index is 1.92. The molecule has 0 aliphatic carbocycles. The molecule has 0 atom stereocenters. The van der Waals surface area contributed by atoms with Crippen LogP contribution in [0.4, 0.5) is 0 Å². The molecule has 0 saturated carbocycles. The number of hydrogen-bond acceptors (Lipinski definition) is 3. The van der Waals surface area contributed by atoms with E-state index < -0.39 is 0 Å². The first-order valence-electron chi connectivity index (χ1n) is 3.96. The van der Waals surface area contributed by atoms with E-state index in [1.54, 1.807) is 4.90 Å². The van der Waals surface area contributed by atoms with Crippen molar-refractivity contribution in [3.8, 4) is 0 Å². The lowest BCUT2D eigenvalue weighted by Crippen LogP contribution is -2.56. The summed E-state index contributed by atoms with van der Waals surface area (Å²) in [6.07, 6.45) is 0. The molecule has 2 fully saturated rings. The molecule has 0 aromatic rings. The molecule has 4 heteroatoms. The Morgan fingerprint density at radius 3 is 2.64 bits per heavy atom. The standard InChI is InChI=1S/C7H13N3O/c1-9-5-10(4-7(9)11)6-2-8-3-6/h6,8H,2-5H2,1H3. The van der Waals surface area contributed by atoms with Crippen molar-refractivity contribution in [3.63, 3.8) is 0 Å². The molecule has 4 nitrogen and oxygen atoms in total. The fraction of sp³-hybridized carbons (Fsp3) is 0.857. The first kappa shape index (κ1) is 7.06. The number of nitrogens with zero attached hydrogens (tertiary/aromatic N) is 2. The Morgan fingerprint density at radius 1 is 1.55 bits per heavy atom. The average molecular weight is 155 g/mol. The zero-order valence-corrected chi connectivity index (χ0v) is 6.71. The van der Waals surface area contributed by atoms with Gasteiger partial charge in [0, 0.05) is 26.2 Å². The molecule has 0 unspecified atom stereocenters. The quantitative estimate of drug-likeness (QED) is 0.510. The van der Waals surface area contributed by atoms with E-state index in [4.69, 9.17) is 0 Å². The monoisotopic (exact) mass is 155 g/mol. The third-order valence-corrected chi connectivity index (χ3v) is 2.43. The van der Waals surface area contributed by atoms with Crippen molar-refractivity contribution in [2.24, 2.45) is 0 Å². The Bertz CT molecular complexity index is 179. The van der Waals surface area contributed by atoms with E-state index >= 15 is 0 Å². The molecule has 2 heterocycles. The predicted molar refractivity (Wildman–Crippen MR) is 41.0 cm³/mol. The molecule has 2 saturated heterocycles. The van der Waals surface area contributed by atoms with E-state index in [0.717, 1.165) is 19.8 Å². The van der Waals surface area contributed by atoms with Crippen LogP contribution in [0.1, 0.15) is 0 Å². The van der Waals surface area contributed by atoms with Crippen LogP contribution < -0.4 is 5.32 Å². The maximum atomic E-state index is 11.1. The fourth-order valence-corrected chi connectivity index (χ4v) is 1.47. The van der Waals surface area contributed by atoms with Gasteiger partial charge in [0.1, 0.15) is 0 Å². The minimum Gasteiger partial charge on any atom is -0.332 e. The summed E-state index contributed by atoms with van der Waals surface area (Å²) < 4.78 is 0. The lowest BCUT2D eigenvalue weighted by Gasteiger charge is -2.34. The Hall–Kier alpha value is -0.610. The first-order chi connectivity index (χ1) is 5.27. The van der Waals surface area contributed by atoms with Crippen LogP contribution in [-0.2, 0) is 4.79 Å². The van der Waals surface area contributed by atoms with E-state index in [2.05, 4.69) is 10.2 Å². The average Bonchev–Trinajstić information content (AvgIpc) is 2.08. The Kier molecular flexibility index (Phi) is 1.58. The Labute approximate surface area is 66.1 Å². The lowest BCUT2D eigenvalue weighted by atomic mass is 10.1. The maximum absolute atomic E-state index is 11.1.